The second kappa shape index (κ2) is 5.97. The average Bonchev–Trinajstić information content (AvgIpc) is 2.96. The molecule has 0 radical (unpaired) electrons. The van der Waals surface area contributed by atoms with Gasteiger partial charge in [0.1, 0.15) is 5.75 Å². The van der Waals surface area contributed by atoms with E-state index in [0.717, 1.165) is 24.2 Å². The van der Waals surface area contributed by atoms with Crippen molar-refractivity contribution in [1.29, 1.82) is 0 Å². The highest BCUT2D eigenvalue weighted by atomic mass is 35.5. The highest BCUT2D eigenvalue weighted by Gasteiger charge is 2.10. The molecule has 21 heavy (non-hydrogen) atoms. The van der Waals surface area contributed by atoms with E-state index in [9.17, 15) is 0 Å². The second-order valence-corrected chi connectivity index (χ2v) is 4.95. The lowest BCUT2D eigenvalue weighted by atomic mass is 10.2. The van der Waals surface area contributed by atoms with E-state index in [1.165, 1.54) is 0 Å². The number of nitrogens with zero attached hydrogens (tertiary/aromatic N) is 3. The summed E-state index contributed by atoms with van der Waals surface area (Å²) in [7, 11) is 0. The fourth-order valence-electron chi connectivity index (χ4n) is 2.02. The molecule has 0 aliphatic heterocycles. The molecule has 5 heteroatoms. The van der Waals surface area contributed by atoms with Gasteiger partial charge in [0, 0.05) is 17.8 Å². The molecular formula is C16H14ClN3O. The quantitative estimate of drug-likeness (QED) is 0.660. The third-order valence-electron chi connectivity index (χ3n) is 3.04. The van der Waals surface area contributed by atoms with Crippen molar-refractivity contribution in [3.8, 4) is 11.6 Å². The molecule has 2 heterocycles. The number of hydrogen-bond acceptors (Lipinski definition) is 3. The normalized spacial score (nSPS) is 10.7. The molecule has 0 aliphatic rings. The summed E-state index contributed by atoms with van der Waals surface area (Å²) in [4.78, 5) is 4.54. The zero-order chi connectivity index (χ0) is 14.7. The third kappa shape index (κ3) is 2.90. The van der Waals surface area contributed by atoms with Gasteiger partial charge in [-0.15, -0.1) is 6.58 Å². The maximum Gasteiger partial charge on any atom is 0.224 e. The van der Waals surface area contributed by atoms with Crippen LogP contribution < -0.4 is 4.74 Å². The molecule has 0 saturated heterocycles. The number of allylic oxidation sites excluding steroid dienone is 1. The van der Waals surface area contributed by atoms with Crippen molar-refractivity contribution in [3.63, 3.8) is 0 Å². The van der Waals surface area contributed by atoms with Crippen molar-refractivity contribution in [2.24, 2.45) is 0 Å². The Balaban J connectivity index is 2.01. The molecule has 0 aliphatic carbocycles. The summed E-state index contributed by atoms with van der Waals surface area (Å²) in [6, 6.07) is 11.1. The van der Waals surface area contributed by atoms with Crippen molar-refractivity contribution < 1.29 is 4.74 Å². The smallest absolute Gasteiger partial charge is 0.224 e. The van der Waals surface area contributed by atoms with E-state index in [2.05, 4.69) is 16.7 Å². The summed E-state index contributed by atoms with van der Waals surface area (Å²) in [5, 5.41) is 4.79. The maximum atomic E-state index is 6.14. The Kier molecular flexibility index (Phi) is 3.88. The standard InChI is InChI=1S/C16H14ClN3O/c1-2-3-6-12-11-16(20-15(19-12)9-10-18-20)21-14-8-5-4-7-13(14)17/h2,4-5,7-11H,1,3,6H2. The van der Waals surface area contributed by atoms with E-state index in [0.29, 0.717) is 16.7 Å². The minimum atomic E-state index is 0.558. The summed E-state index contributed by atoms with van der Waals surface area (Å²) in [6.07, 6.45) is 5.24. The molecular weight excluding hydrogens is 286 g/mol. The Bertz CT molecular complexity index is 782. The van der Waals surface area contributed by atoms with Crippen LogP contribution in [0.3, 0.4) is 0 Å². The molecule has 0 saturated carbocycles. The minimum absolute atomic E-state index is 0.558. The SMILES string of the molecule is C=CCCc1cc(Oc2ccccc2Cl)n2nccc2n1. The Labute approximate surface area is 127 Å². The van der Waals surface area contributed by atoms with E-state index in [1.54, 1.807) is 16.8 Å². The van der Waals surface area contributed by atoms with E-state index in [1.807, 2.05) is 36.4 Å². The largest absolute Gasteiger partial charge is 0.437 e. The molecule has 0 unspecified atom stereocenters. The van der Waals surface area contributed by atoms with Gasteiger partial charge < -0.3 is 4.74 Å². The first-order chi connectivity index (χ1) is 10.3. The lowest BCUT2D eigenvalue weighted by molar-refractivity contribution is 0.445. The fraction of sp³-hybridized carbons (Fsp3) is 0.125. The number of halogens is 1. The van der Waals surface area contributed by atoms with Gasteiger partial charge in [0.2, 0.25) is 5.88 Å². The van der Waals surface area contributed by atoms with Crippen molar-refractivity contribution in [2.75, 3.05) is 0 Å². The van der Waals surface area contributed by atoms with Crippen LogP contribution >= 0.6 is 11.6 Å². The van der Waals surface area contributed by atoms with Gasteiger partial charge in [-0.05, 0) is 25.0 Å². The number of fused-ring (bicyclic) bond motifs is 1. The number of aromatic nitrogens is 3. The van der Waals surface area contributed by atoms with Crippen LogP contribution in [0.5, 0.6) is 11.6 Å². The summed E-state index contributed by atoms with van der Waals surface area (Å²) >= 11 is 6.14. The summed E-state index contributed by atoms with van der Waals surface area (Å²) in [5.41, 5.74) is 1.68. The predicted octanol–water partition coefficient (Wildman–Crippen LogP) is 4.29. The molecule has 4 nitrogen and oxygen atoms in total. The van der Waals surface area contributed by atoms with Crippen LogP contribution in [0.25, 0.3) is 5.65 Å². The Morgan fingerprint density at radius 2 is 2.14 bits per heavy atom. The van der Waals surface area contributed by atoms with E-state index < -0.39 is 0 Å². The van der Waals surface area contributed by atoms with E-state index >= 15 is 0 Å². The van der Waals surface area contributed by atoms with Gasteiger partial charge in [-0.25, -0.2) is 4.98 Å². The van der Waals surface area contributed by atoms with Crippen molar-refractivity contribution in [2.45, 2.75) is 12.8 Å². The van der Waals surface area contributed by atoms with Crippen LogP contribution in [0.2, 0.25) is 5.02 Å². The summed E-state index contributed by atoms with van der Waals surface area (Å²) < 4.78 is 7.56. The number of hydrogen-bond donors (Lipinski definition) is 0. The monoisotopic (exact) mass is 299 g/mol. The Morgan fingerprint density at radius 3 is 2.95 bits per heavy atom. The van der Waals surface area contributed by atoms with Crippen LogP contribution in [-0.4, -0.2) is 14.6 Å². The lowest BCUT2D eigenvalue weighted by Gasteiger charge is -2.10. The van der Waals surface area contributed by atoms with Crippen LogP contribution in [0, 0.1) is 0 Å². The van der Waals surface area contributed by atoms with Crippen LogP contribution in [0.4, 0.5) is 0 Å². The van der Waals surface area contributed by atoms with Crippen molar-refractivity contribution >= 4 is 17.2 Å². The highest BCUT2D eigenvalue weighted by Crippen LogP contribution is 2.29. The van der Waals surface area contributed by atoms with Crippen LogP contribution in [-0.2, 0) is 6.42 Å². The molecule has 0 bridgehead atoms. The first-order valence-electron chi connectivity index (χ1n) is 6.65. The first-order valence-corrected chi connectivity index (χ1v) is 7.02. The molecule has 3 aromatic rings. The Hall–Kier alpha value is -2.33. The number of benzene rings is 1. The fourth-order valence-corrected chi connectivity index (χ4v) is 2.20. The molecule has 106 valence electrons. The summed E-state index contributed by atoms with van der Waals surface area (Å²) in [6.45, 7) is 3.74. The number of aryl methyl sites for hydroxylation is 1. The van der Waals surface area contributed by atoms with E-state index in [-0.39, 0.29) is 0 Å². The molecule has 0 spiro atoms. The van der Waals surface area contributed by atoms with Gasteiger partial charge in [-0.2, -0.15) is 9.61 Å². The molecule has 3 rings (SSSR count). The zero-order valence-electron chi connectivity index (χ0n) is 11.4. The predicted molar refractivity (Wildman–Crippen MR) is 83.0 cm³/mol. The van der Waals surface area contributed by atoms with Crippen LogP contribution in [0.1, 0.15) is 12.1 Å². The van der Waals surface area contributed by atoms with Gasteiger partial charge in [0.15, 0.2) is 5.65 Å². The van der Waals surface area contributed by atoms with Crippen molar-refractivity contribution in [1.82, 2.24) is 14.6 Å². The number of rotatable bonds is 5. The number of ether oxygens (including phenoxy) is 1. The van der Waals surface area contributed by atoms with Crippen molar-refractivity contribution in [3.05, 3.63) is 66.0 Å². The third-order valence-corrected chi connectivity index (χ3v) is 3.35. The van der Waals surface area contributed by atoms with E-state index in [4.69, 9.17) is 16.3 Å². The zero-order valence-corrected chi connectivity index (χ0v) is 12.1. The second-order valence-electron chi connectivity index (χ2n) is 4.55. The van der Waals surface area contributed by atoms with Gasteiger partial charge in [0.25, 0.3) is 0 Å². The van der Waals surface area contributed by atoms with Gasteiger partial charge >= 0.3 is 0 Å². The molecule has 0 fully saturated rings. The molecule has 0 atom stereocenters. The molecule has 1 aromatic carbocycles. The van der Waals surface area contributed by atoms with Gasteiger partial charge in [0.05, 0.1) is 11.2 Å². The number of para-hydroxylation sites is 1. The van der Waals surface area contributed by atoms with Gasteiger partial charge in [-0.3, -0.25) is 0 Å². The minimum Gasteiger partial charge on any atom is -0.437 e. The van der Waals surface area contributed by atoms with Gasteiger partial charge in [-0.1, -0.05) is 29.8 Å². The highest BCUT2D eigenvalue weighted by molar-refractivity contribution is 6.32. The average molecular weight is 300 g/mol. The first kappa shape index (κ1) is 13.6. The van der Waals surface area contributed by atoms with Crippen LogP contribution in [0.15, 0.2) is 55.3 Å². The lowest BCUT2D eigenvalue weighted by Crippen LogP contribution is -2.01. The maximum absolute atomic E-state index is 6.14. The molecule has 2 aromatic heterocycles. The molecule has 0 amide bonds. The molecule has 0 N–H and O–H groups in total. The topological polar surface area (TPSA) is 39.4 Å². The Morgan fingerprint density at radius 1 is 1.29 bits per heavy atom. The summed E-state index contributed by atoms with van der Waals surface area (Å²) in [5.74, 6) is 1.19.